The van der Waals surface area contributed by atoms with Crippen molar-refractivity contribution in [2.45, 2.75) is 39.2 Å². The summed E-state index contributed by atoms with van der Waals surface area (Å²) in [6, 6.07) is 0. The van der Waals surface area contributed by atoms with Crippen LogP contribution in [0.15, 0.2) is 11.6 Å². The maximum Gasteiger partial charge on any atom is 0.195 e. The average Bonchev–Trinajstić information content (AvgIpc) is 2.88. The highest BCUT2D eigenvalue weighted by molar-refractivity contribution is 7.15. The van der Waals surface area contributed by atoms with E-state index < -0.39 is 0 Å². The summed E-state index contributed by atoms with van der Waals surface area (Å²) in [5.41, 5.74) is 1.32. The van der Waals surface area contributed by atoms with Crippen LogP contribution in [0.25, 0.3) is 4.96 Å². The van der Waals surface area contributed by atoms with Gasteiger partial charge in [-0.15, -0.1) is 11.3 Å². The Hall–Kier alpha value is -1.07. The maximum atomic E-state index is 4.86. The van der Waals surface area contributed by atoms with Gasteiger partial charge in [-0.2, -0.15) is 0 Å². The number of rotatable bonds is 4. The molecule has 5 heteroatoms. The molecule has 1 saturated heterocycles. The van der Waals surface area contributed by atoms with Crippen LogP contribution in [0, 0.1) is 0 Å². The summed E-state index contributed by atoms with van der Waals surface area (Å²) in [5, 5.41) is 5.56. The maximum absolute atomic E-state index is 4.86. The molecule has 1 aliphatic heterocycles. The first kappa shape index (κ1) is 12.9. The van der Waals surface area contributed by atoms with Crippen LogP contribution in [-0.2, 0) is 6.54 Å². The second-order valence-corrected chi connectivity index (χ2v) is 5.99. The van der Waals surface area contributed by atoms with Crippen molar-refractivity contribution >= 4 is 22.1 Å². The van der Waals surface area contributed by atoms with Gasteiger partial charge in [0.05, 0.1) is 5.69 Å². The van der Waals surface area contributed by atoms with E-state index in [0.29, 0.717) is 0 Å². The Kier molecular flexibility index (Phi) is 4.03. The molecule has 0 saturated carbocycles. The first-order valence-electron chi connectivity index (χ1n) is 7.30. The molecule has 1 fully saturated rings. The van der Waals surface area contributed by atoms with Gasteiger partial charge in [0.2, 0.25) is 0 Å². The number of nitrogens with one attached hydrogen (secondary N) is 1. The van der Waals surface area contributed by atoms with Gasteiger partial charge in [-0.25, -0.2) is 4.98 Å². The third-order valence-corrected chi connectivity index (χ3v) is 4.54. The Morgan fingerprint density at radius 1 is 1.26 bits per heavy atom. The van der Waals surface area contributed by atoms with Gasteiger partial charge < -0.3 is 10.2 Å². The minimum atomic E-state index is 0.903. The molecular weight excluding hydrogens is 256 g/mol. The molecule has 4 nitrogen and oxygen atoms in total. The van der Waals surface area contributed by atoms with Crippen molar-refractivity contribution in [3.05, 3.63) is 17.3 Å². The normalized spacial score (nSPS) is 17.0. The quantitative estimate of drug-likeness (QED) is 0.933. The fraction of sp³-hybridized carbons (Fsp3) is 0.643. The molecule has 19 heavy (non-hydrogen) atoms. The lowest BCUT2D eigenvalue weighted by Gasteiger charge is -2.21. The summed E-state index contributed by atoms with van der Waals surface area (Å²) < 4.78 is 2.24. The van der Waals surface area contributed by atoms with Gasteiger partial charge in [0.1, 0.15) is 0 Å². The van der Waals surface area contributed by atoms with E-state index in [1.165, 1.54) is 37.2 Å². The molecule has 1 N–H and O–H groups in total. The van der Waals surface area contributed by atoms with Crippen molar-refractivity contribution in [1.29, 1.82) is 0 Å². The Morgan fingerprint density at radius 2 is 2.05 bits per heavy atom. The smallest absolute Gasteiger partial charge is 0.195 e. The van der Waals surface area contributed by atoms with E-state index in [2.05, 4.69) is 33.1 Å². The minimum Gasteiger partial charge on any atom is -0.355 e. The summed E-state index contributed by atoms with van der Waals surface area (Å²) in [4.78, 5) is 8.46. The second-order valence-electron chi connectivity index (χ2n) is 5.12. The Morgan fingerprint density at radius 3 is 2.79 bits per heavy atom. The molecule has 0 atom stereocenters. The summed E-state index contributed by atoms with van der Waals surface area (Å²) in [5.74, 6) is 1.20. The van der Waals surface area contributed by atoms with Crippen LogP contribution in [-0.4, -0.2) is 29.0 Å². The zero-order valence-corrected chi connectivity index (χ0v) is 12.4. The third-order valence-electron chi connectivity index (χ3n) is 3.79. The molecule has 104 valence electrons. The highest BCUT2D eigenvalue weighted by Crippen LogP contribution is 2.26. The van der Waals surface area contributed by atoms with Crippen LogP contribution in [0.3, 0.4) is 0 Å². The van der Waals surface area contributed by atoms with Crippen LogP contribution >= 0.6 is 11.3 Å². The lowest BCUT2D eigenvalue weighted by atomic mass is 10.2. The van der Waals surface area contributed by atoms with E-state index in [4.69, 9.17) is 4.98 Å². The SMILES string of the molecule is CCNCc1c(N2CCCCCC2)nc2sccn12. The fourth-order valence-corrected chi connectivity index (χ4v) is 3.49. The van der Waals surface area contributed by atoms with Gasteiger partial charge in [-0.1, -0.05) is 19.8 Å². The predicted molar refractivity (Wildman–Crippen MR) is 81.1 cm³/mol. The number of imidazole rings is 1. The monoisotopic (exact) mass is 278 g/mol. The van der Waals surface area contributed by atoms with Crippen LogP contribution in [0.5, 0.6) is 0 Å². The summed E-state index contributed by atoms with van der Waals surface area (Å²) in [7, 11) is 0. The van der Waals surface area contributed by atoms with Gasteiger partial charge >= 0.3 is 0 Å². The highest BCUT2D eigenvalue weighted by atomic mass is 32.1. The Balaban J connectivity index is 1.93. The van der Waals surface area contributed by atoms with Gasteiger partial charge in [0.15, 0.2) is 10.8 Å². The van der Waals surface area contributed by atoms with Crippen molar-refractivity contribution in [2.75, 3.05) is 24.5 Å². The third kappa shape index (κ3) is 2.62. The van der Waals surface area contributed by atoms with Crippen LogP contribution in [0.2, 0.25) is 0 Å². The summed E-state index contributed by atoms with van der Waals surface area (Å²) >= 11 is 1.72. The average molecular weight is 278 g/mol. The lowest BCUT2D eigenvalue weighted by molar-refractivity contribution is 0.696. The van der Waals surface area contributed by atoms with Crippen molar-refractivity contribution < 1.29 is 0 Å². The molecule has 3 heterocycles. The highest BCUT2D eigenvalue weighted by Gasteiger charge is 2.19. The lowest BCUT2D eigenvalue weighted by Crippen LogP contribution is -2.26. The number of hydrogen-bond donors (Lipinski definition) is 1. The molecule has 0 aliphatic carbocycles. The first-order valence-corrected chi connectivity index (χ1v) is 8.18. The number of nitrogens with zero attached hydrogens (tertiary/aromatic N) is 3. The van der Waals surface area contributed by atoms with Crippen LogP contribution in [0.1, 0.15) is 38.3 Å². The molecule has 0 bridgehead atoms. The van der Waals surface area contributed by atoms with Crippen LogP contribution < -0.4 is 10.2 Å². The molecule has 1 aliphatic rings. The Labute approximate surface area is 118 Å². The van der Waals surface area contributed by atoms with Gasteiger partial charge in [0, 0.05) is 31.2 Å². The fourth-order valence-electron chi connectivity index (χ4n) is 2.76. The summed E-state index contributed by atoms with van der Waals surface area (Å²) in [6.45, 7) is 6.36. The largest absolute Gasteiger partial charge is 0.355 e. The van der Waals surface area contributed by atoms with E-state index in [1.807, 2.05) is 0 Å². The van der Waals surface area contributed by atoms with E-state index >= 15 is 0 Å². The molecule has 0 amide bonds. The van der Waals surface area contributed by atoms with Crippen molar-refractivity contribution in [1.82, 2.24) is 14.7 Å². The topological polar surface area (TPSA) is 32.6 Å². The second kappa shape index (κ2) is 5.92. The molecular formula is C14H22N4S. The molecule has 2 aromatic heterocycles. The van der Waals surface area contributed by atoms with Gasteiger partial charge in [0.25, 0.3) is 0 Å². The van der Waals surface area contributed by atoms with E-state index in [0.717, 1.165) is 31.1 Å². The van der Waals surface area contributed by atoms with Crippen molar-refractivity contribution in [3.8, 4) is 0 Å². The number of thiazole rings is 1. The zero-order valence-electron chi connectivity index (χ0n) is 11.6. The van der Waals surface area contributed by atoms with Gasteiger partial charge in [-0.05, 0) is 19.4 Å². The Bertz CT molecular complexity index is 523. The number of aromatic nitrogens is 2. The number of fused-ring (bicyclic) bond motifs is 1. The minimum absolute atomic E-state index is 0.903. The molecule has 2 aromatic rings. The van der Waals surface area contributed by atoms with Crippen molar-refractivity contribution in [3.63, 3.8) is 0 Å². The molecule has 0 spiro atoms. The van der Waals surface area contributed by atoms with Crippen molar-refractivity contribution in [2.24, 2.45) is 0 Å². The molecule has 0 unspecified atom stereocenters. The standard InChI is InChI=1S/C14H22N4S/c1-2-15-11-12-13(16-14-18(12)9-10-19-14)17-7-5-3-4-6-8-17/h9-10,15H,2-8,11H2,1H3. The van der Waals surface area contributed by atoms with Crippen LogP contribution in [0.4, 0.5) is 5.82 Å². The van der Waals surface area contributed by atoms with E-state index in [-0.39, 0.29) is 0 Å². The zero-order chi connectivity index (χ0) is 13.1. The number of hydrogen-bond acceptors (Lipinski definition) is 4. The molecule has 0 radical (unpaired) electrons. The molecule has 0 aromatic carbocycles. The predicted octanol–water partition coefficient (Wildman–Crippen LogP) is 2.89. The molecule has 3 rings (SSSR count). The van der Waals surface area contributed by atoms with Gasteiger partial charge in [-0.3, -0.25) is 4.40 Å². The summed E-state index contributed by atoms with van der Waals surface area (Å²) in [6.07, 6.45) is 7.46. The van der Waals surface area contributed by atoms with E-state index in [9.17, 15) is 0 Å². The van der Waals surface area contributed by atoms with E-state index in [1.54, 1.807) is 11.3 Å². The first-order chi connectivity index (χ1) is 9.40. The number of anilines is 1.